The lowest BCUT2D eigenvalue weighted by atomic mass is 10.0. The normalized spacial score (nSPS) is 12.3. The smallest absolute Gasteiger partial charge is 0.224 e. The van der Waals surface area contributed by atoms with Crippen molar-refractivity contribution in [3.8, 4) is 0 Å². The van der Waals surface area contributed by atoms with Crippen LogP contribution in [0.15, 0.2) is 42.5 Å². The van der Waals surface area contributed by atoms with Crippen LogP contribution in [0.2, 0.25) is 0 Å². The number of carbonyl (C=O) groups is 1. The molecule has 19 heavy (non-hydrogen) atoms. The second-order valence-corrected chi connectivity index (χ2v) is 4.80. The number of amides is 1. The lowest BCUT2D eigenvalue weighted by molar-refractivity contribution is -0.121. The Bertz CT molecular complexity index is 560. The molecule has 0 saturated carbocycles. The topological polar surface area (TPSA) is 49.3 Å². The molecule has 1 unspecified atom stereocenters. The second-order valence-electron chi connectivity index (χ2n) is 4.80. The minimum absolute atomic E-state index is 0.00250. The molecule has 3 nitrogen and oxygen atoms in total. The molecule has 0 aliphatic carbocycles. The van der Waals surface area contributed by atoms with Crippen molar-refractivity contribution in [3.05, 3.63) is 48.0 Å². The van der Waals surface area contributed by atoms with E-state index in [9.17, 15) is 4.79 Å². The number of fused-ring (bicyclic) bond motifs is 1. The van der Waals surface area contributed by atoms with E-state index in [2.05, 4.69) is 5.32 Å². The quantitative estimate of drug-likeness (QED) is 0.863. The van der Waals surface area contributed by atoms with Crippen LogP contribution in [-0.4, -0.2) is 23.7 Å². The average molecular weight is 257 g/mol. The van der Waals surface area contributed by atoms with Crippen molar-refractivity contribution >= 4 is 16.7 Å². The van der Waals surface area contributed by atoms with E-state index >= 15 is 0 Å². The number of rotatable bonds is 5. The highest BCUT2D eigenvalue weighted by atomic mass is 16.3. The first-order valence-corrected chi connectivity index (χ1v) is 6.57. The summed E-state index contributed by atoms with van der Waals surface area (Å²) in [6, 6.07) is 14.1. The molecule has 2 N–H and O–H groups in total. The van der Waals surface area contributed by atoms with Crippen LogP contribution in [0.3, 0.4) is 0 Å². The van der Waals surface area contributed by atoms with Crippen molar-refractivity contribution in [1.29, 1.82) is 0 Å². The number of hydrogen-bond acceptors (Lipinski definition) is 2. The van der Waals surface area contributed by atoms with Crippen molar-refractivity contribution in [2.75, 3.05) is 6.61 Å². The highest BCUT2D eigenvalue weighted by Crippen LogP contribution is 2.18. The van der Waals surface area contributed by atoms with Crippen molar-refractivity contribution in [2.45, 2.75) is 25.8 Å². The molecule has 2 aromatic carbocycles. The Labute approximate surface area is 113 Å². The molecular weight excluding hydrogens is 238 g/mol. The summed E-state index contributed by atoms with van der Waals surface area (Å²) in [5.74, 6) is -0.00250. The molecule has 0 aliphatic heterocycles. The first-order chi connectivity index (χ1) is 9.20. The second kappa shape index (κ2) is 6.34. The maximum absolute atomic E-state index is 11.9. The molecule has 2 rings (SSSR count). The Morgan fingerprint density at radius 3 is 2.74 bits per heavy atom. The zero-order valence-electron chi connectivity index (χ0n) is 11.1. The standard InChI is InChI=1S/C16H19NO2/c1-12(9-10-18)17-16(19)11-14-7-4-6-13-5-2-3-8-15(13)14/h2-8,12,18H,9-11H2,1H3,(H,17,19). The molecule has 3 heteroatoms. The number of aliphatic hydroxyl groups excluding tert-OH is 1. The molecule has 0 saturated heterocycles. The van der Waals surface area contributed by atoms with Crippen molar-refractivity contribution in [3.63, 3.8) is 0 Å². The van der Waals surface area contributed by atoms with Gasteiger partial charge in [0.15, 0.2) is 0 Å². The Hall–Kier alpha value is -1.87. The van der Waals surface area contributed by atoms with Crippen LogP contribution in [-0.2, 0) is 11.2 Å². The maximum atomic E-state index is 11.9. The van der Waals surface area contributed by atoms with Gasteiger partial charge in [-0.2, -0.15) is 0 Å². The molecule has 0 bridgehead atoms. The molecule has 100 valence electrons. The number of aliphatic hydroxyl groups is 1. The van der Waals surface area contributed by atoms with Crippen LogP contribution in [0.25, 0.3) is 10.8 Å². The summed E-state index contributed by atoms with van der Waals surface area (Å²) in [5.41, 5.74) is 1.03. The van der Waals surface area contributed by atoms with Crippen LogP contribution >= 0.6 is 0 Å². The summed E-state index contributed by atoms with van der Waals surface area (Å²) in [5, 5.41) is 14.0. The van der Waals surface area contributed by atoms with Crippen LogP contribution in [0.5, 0.6) is 0 Å². The van der Waals surface area contributed by atoms with Gasteiger partial charge in [-0.15, -0.1) is 0 Å². The average Bonchev–Trinajstić information content (AvgIpc) is 2.39. The molecule has 0 fully saturated rings. The van der Waals surface area contributed by atoms with E-state index < -0.39 is 0 Å². The molecule has 0 aromatic heterocycles. The van der Waals surface area contributed by atoms with Gasteiger partial charge in [-0.05, 0) is 29.7 Å². The van der Waals surface area contributed by atoms with Gasteiger partial charge in [0.2, 0.25) is 5.91 Å². The number of carbonyl (C=O) groups excluding carboxylic acids is 1. The summed E-state index contributed by atoms with van der Waals surface area (Å²) in [6.07, 6.45) is 0.957. The summed E-state index contributed by atoms with van der Waals surface area (Å²) in [7, 11) is 0. The molecule has 0 radical (unpaired) electrons. The van der Waals surface area contributed by atoms with Gasteiger partial charge in [-0.25, -0.2) is 0 Å². The van der Waals surface area contributed by atoms with E-state index in [4.69, 9.17) is 5.11 Å². The first-order valence-electron chi connectivity index (χ1n) is 6.57. The van der Waals surface area contributed by atoms with Crippen LogP contribution in [0.1, 0.15) is 18.9 Å². The van der Waals surface area contributed by atoms with Crippen LogP contribution < -0.4 is 5.32 Å². The number of hydrogen-bond donors (Lipinski definition) is 2. The van der Waals surface area contributed by atoms with Gasteiger partial charge in [-0.3, -0.25) is 4.79 Å². The third-order valence-corrected chi connectivity index (χ3v) is 3.20. The fraction of sp³-hybridized carbons (Fsp3) is 0.312. The Balaban J connectivity index is 2.11. The Morgan fingerprint density at radius 1 is 1.21 bits per heavy atom. The van der Waals surface area contributed by atoms with E-state index in [0.717, 1.165) is 16.3 Å². The summed E-state index contributed by atoms with van der Waals surface area (Å²) < 4.78 is 0. The van der Waals surface area contributed by atoms with Gasteiger partial charge in [0, 0.05) is 12.6 Å². The molecular formula is C16H19NO2. The maximum Gasteiger partial charge on any atom is 0.224 e. The third-order valence-electron chi connectivity index (χ3n) is 3.20. The zero-order chi connectivity index (χ0) is 13.7. The minimum Gasteiger partial charge on any atom is -0.396 e. The van der Waals surface area contributed by atoms with Crippen molar-refractivity contribution in [1.82, 2.24) is 5.32 Å². The monoisotopic (exact) mass is 257 g/mol. The summed E-state index contributed by atoms with van der Waals surface area (Å²) in [6.45, 7) is 1.99. The van der Waals surface area contributed by atoms with Gasteiger partial charge in [0.25, 0.3) is 0 Å². The largest absolute Gasteiger partial charge is 0.396 e. The number of nitrogens with one attached hydrogen (secondary N) is 1. The lowest BCUT2D eigenvalue weighted by Crippen LogP contribution is -2.34. The highest BCUT2D eigenvalue weighted by Gasteiger charge is 2.09. The third kappa shape index (κ3) is 3.55. The van der Waals surface area contributed by atoms with Gasteiger partial charge >= 0.3 is 0 Å². The van der Waals surface area contributed by atoms with Crippen molar-refractivity contribution < 1.29 is 9.90 Å². The molecule has 0 spiro atoms. The first kappa shape index (κ1) is 13.6. The molecule has 0 aliphatic rings. The van der Waals surface area contributed by atoms with Crippen LogP contribution in [0.4, 0.5) is 0 Å². The van der Waals surface area contributed by atoms with E-state index in [1.54, 1.807) is 0 Å². The van der Waals surface area contributed by atoms with Gasteiger partial charge in [-0.1, -0.05) is 42.5 Å². The lowest BCUT2D eigenvalue weighted by Gasteiger charge is -2.13. The number of benzene rings is 2. The van der Waals surface area contributed by atoms with Crippen LogP contribution in [0, 0.1) is 0 Å². The van der Waals surface area contributed by atoms with E-state index in [0.29, 0.717) is 12.8 Å². The SMILES string of the molecule is CC(CCO)NC(=O)Cc1cccc2ccccc12. The molecule has 2 aromatic rings. The van der Waals surface area contributed by atoms with E-state index in [1.165, 1.54) is 0 Å². The summed E-state index contributed by atoms with van der Waals surface area (Å²) >= 11 is 0. The fourth-order valence-corrected chi connectivity index (χ4v) is 2.21. The fourth-order valence-electron chi connectivity index (χ4n) is 2.21. The van der Waals surface area contributed by atoms with Gasteiger partial charge in [0.05, 0.1) is 6.42 Å². The van der Waals surface area contributed by atoms with E-state index in [-0.39, 0.29) is 18.6 Å². The summed E-state index contributed by atoms with van der Waals surface area (Å²) in [4.78, 5) is 11.9. The molecule has 1 atom stereocenters. The van der Waals surface area contributed by atoms with Crippen molar-refractivity contribution in [2.24, 2.45) is 0 Å². The zero-order valence-corrected chi connectivity index (χ0v) is 11.1. The minimum atomic E-state index is -0.00250. The van der Waals surface area contributed by atoms with Gasteiger partial charge in [0.1, 0.15) is 0 Å². The predicted molar refractivity (Wildman–Crippen MR) is 77.0 cm³/mol. The predicted octanol–water partition coefficient (Wildman–Crippen LogP) is 2.27. The Morgan fingerprint density at radius 2 is 1.95 bits per heavy atom. The van der Waals surface area contributed by atoms with Gasteiger partial charge < -0.3 is 10.4 Å². The van der Waals surface area contributed by atoms with E-state index in [1.807, 2.05) is 49.4 Å². The molecule has 1 amide bonds. The Kier molecular flexibility index (Phi) is 4.53. The highest BCUT2D eigenvalue weighted by molar-refractivity contribution is 5.90. The molecule has 0 heterocycles.